The van der Waals surface area contributed by atoms with Gasteiger partial charge in [0.05, 0.1) is 20.2 Å². The molecule has 7 aromatic carbocycles. The van der Waals surface area contributed by atoms with Gasteiger partial charge in [0.25, 0.3) is 0 Å². The van der Waals surface area contributed by atoms with Crippen molar-refractivity contribution < 1.29 is 9.59 Å². The molecule has 15 rings (SSSR count). The zero-order chi connectivity index (χ0) is 71.6. The molecule has 514 valence electrons. The van der Waals surface area contributed by atoms with Gasteiger partial charge in [0.1, 0.15) is 35.4 Å². The Labute approximate surface area is 628 Å². The number of nitriles is 4. The minimum Gasteiger partial charge on any atom is -0.289 e. The number of hydrogen-bond acceptors (Lipinski definition) is 10. The standard InChI is InChI=1S/C94H82N4O2S4/c1-5-9-13-17-29-59-33-25-37-65(45-59)93(66-38-26-34-60(46-66)30-18-14-10-6-2)79-53-76-80(54-75(79)89-85(93)91-81(103-89)51-69(101-91)49-77-83(63(55-95)56-96)71-41-21-23-43-73(71)87(77)99)94(67-39-27-35-61(47-67)31-19-15-11-7-3,68-40-28-36-62(48-68)32-20-16-12-8-4)86-90(76)104-82-52-70(102-92(82)86)50-78-84(64(57-97)58-98)72-42-22-24-44-74(72)88(78)100/h21-28,33-54H,5-20,29-32H2,1-4H3/b77-49-,78-50-. The summed E-state index contributed by atoms with van der Waals surface area (Å²) >= 11 is 7.07. The second kappa shape index (κ2) is 30.1. The number of fused-ring (bicyclic) bond motifs is 12. The van der Waals surface area contributed by atoms with Crippen LogP contribution in [0.3, 0.4) is 0 Å². The van der Waals surface area contributed by atoms with Crippen LogP contribution in [0.2, 0.25) is 0 Å². The smallest absolute Gasteiger partial charge is 0.194 e. The largest absolute Gasteiger partial charge is 0.289 e. The molecule has 4 aliphatic rings. The molecule has 0 fully saturated rings. The number of benzene rings is 7. The average molecular weight is 1430 g/mol. The lowest BCUT2D eigenvalue weighted by Gasteiger charge is -2.36. The Bertz CT molecular complexity index is 5100. The van der Waals surface area contributed by atoms with Crippen LogP contribution >= 0.6 is 45.3 Å². The number of carbonyl (C=O) groups is 2. The molecule has 0 saturated carbocycles. The molecule has 4 aromatic heterocycles. The van der Waals surface area contributed by atoms with Crippen molar-refractivity contribution in [3.8, 4) is 45.2 Å². The Kier molecular flexibility index (Phi) is 20.2. The third-order valence-electron chi connectivity index (χ3n) is 22.1. The number of allylic oxidation sites excluding steroid dienone is 6. The molecule has 11 aromatic rings. The number of carbonyl (C=O) groups excluding carboxylic acids is 2. The summed E-state index contributed by atoms with van der Waals surface area (Å²) in [7, 11) is 0. The fourth-order valence-corrected chi connectivity index (χ4v) is 22.7. The number of hydrogen-bond donors (Lipinski definition) is 0. The molecule has 0 unspecified atom stereocenters. The molecular weight excluding hydrogens is 1350 g/mol. The van der Waals surface area contributed by atoms with E-state index in [1.807, 2.05) is 71.2 Å². The predicted octanol–water partition coefficient (Wildman–Crippen LogP) is 25.6. The number of rotatable bonds is 26. The van der Waals surface area contributed by atoms with Crippen molar-refractivity contribution in [3.05, 3.63) is 291 Å². The van der Waals surface area contributed by atoms with Crippen LogP contribution in [0.4, 0.5) is 0 Å². The number of ketones is 2. The quantitative estimate of drug-likeness (QED) is 0.0302. The number of unbranched alkanes of at least 4 members (excludes halogenated alkanes) is 12. The van der Waals surface area contributed by atoms with E-state index in [0.717, 1.165) is 131 Å². The number of Topliss-reactive ketones (excluding diaryl/α,β-unsaturated/α-hetero) is 2. The lowest BCUT2D eigenvalue weighted by molar-refractivity contribution is 0.103. The maximum atomic E-state index is 14.7. The van der Waals surface area contributed by atoms with Gasteiger partial charge in [0.15, 0.2) is 11.6 Å². The minimum absolute atomic E-state index is 0.0782. The van der Waals surface area contributed by atoms with Crippen molar-refractivity contribution in [2.75, 3.05) is 0 Å². The van der Waals surface area contributed by atoms with E-state index in [2.05, 4.69) is 173 Å². The van der Waals surface area contributed by atoms with Gasteiger partial charge < -0.3 is 0 Å². The summed E-state index contributed by atoms with van der Waals surface area (Å²) in [6, 6.07) is 71.2. The first-order chi connectivity index (χ1) is 51.1. The van der Waals surface area contributed by atoms with Crippen molar-refractivity contribution in [1.29, 1.82) is 21.0 Å². The molecule has 0 saturated heterocycles. The number of nitrogens with zero attached hydrogens (tertiary/aromatic N) is 4. The Morgan fingerprint density at radius 2 is 0.673 bits per heavy atom. The predicted molar refractivity (Wildman–Crippen MR) is 433 cm³/mol. The lowest BCUT2D eigenvalue weighted by Crippen LogP contribution is -2.30. The van der Waals surface area contributed by atoms with Crippen LogP contribution in [0, 0.1) is 45.3 Å². The third kappa shape index (κ3) is 12.0. The van der Waals surface area contributed by atoms with Crippen LogP contribution < -0.4 is 0 Å². The maximum absolute atomic E-state index is 14.7. The van der Waals surface area contributed by atoms with Gasteiger partial charge in [-0.3, -0.25) is 9.59 Å². The first-order valence-electron chi connectivity index (χ1n) is 37.6. The highest BCUT2D eigenvalue weighted by Crippen LogP contribution is 2.68. The molecule has 4 aliphatic carbocycles. The average Bonchev–Trinajstić information content (AvgIpc) is 1.49. The molecule has 4 heterocycles. The van der Waals surface area contributed by atoms with Crippen LogP contribution in [-0.2, 0) is 36.5 Å². The van der Waals surface area contributed by atoms with E-state index in [0.29, 0.717) is 44.5 Å². The van der Waals surface area contributed by atoms with E-state index in [-0.39, 0.29) is 22.7 Å². The summed E-state index contributed by atoms with van der Waals surface area (Å²) in [5.74, 6) is -0.383. The number of aryl methyl sites for hydroxylation is 4. The van der Waals surface area contributed by atoms with Gasteiger partial charge in [0, 0.05) is 73.5 Å². The van der Waals surface area contributed by atoms with E-state index >= 15 is 0 Å². The summed E-state index contributed by atoms with van der Waals surface area (Å²) in [6.07, 6.45) is 26.2. The molecule has 0 N–H and O–H groups in total. The topological polar surface area (TPSA) is 129 Å². The molecule has 6 nitrogen and oxygen atoms in total. The minimum atomic E-state index is -0.843. The molecular formula is C94H82N4O2S4. The summed E-state index contributed by atoms with van der Waals surface area (Å²) in [6.45, 7) is 9.10. The normalized spacial score (nSPS) is 14.9. The van der Waals surface area contributed by atoms with Crippen molar-refractivity contribution in [2.45, 2.75) is 167 Å². The van der Waals surface area contributed by atoms with E-state index in [4.69, 9.17) is 0 Å². The first kappa shape index (κ1) is 69.8. The summed E-state index contributed by atoms with van der Waals surface area (Å²) in [5, 5.41) is 41.9. The molecule has 0 radical (unpaired) electrons. The Morgan fingerprint density at radius 1 is 0.356 bits per heavy atom. The Morgan fingerprint density at radius 3 is 0.981 bits per heavy atom. The third-order valence-corrected chi connectivity index (χ3v) is 26.9. The molecule has 10 heteroatoms. The van der Waals surface area contributed by atoms with Crippen LogP contribution in [0.15, 0.2) is 192 Å². The molecule has 0 amide bonds. The summed E-state index contributed by atoms with van der Waals surface area (Å²) < 4.78 is 4.53. The van der Waals surface area contributed by atoms with Crippen LogP contribution in [0.5, 0.6) is 0 Å². The van der Waals surface area contributed by atoms with Gasteiger partial charge in [0.2, 0.25) is 0 Å². The molecule has 0 aliphatic heterocycles. The van der Waals surface area contributed by atoms with Crippen molar-refractivity contribution in [2.24, 2.45) is 0 Å². The SMILES string of the molecule is CCCCCCc1cccc(C2(c3cccc(CCCCCC)c3)c3cc4c(cc3-c3sc5cc(/C=C6\C(=O)c7ccccc7C6=C(C#N)C#N)sc5c32)C(c2cccc(CCCCCC)c2)(c2cccc(CCCCCC)c2)c2c-4sc3cc(/C=C4\C(=O)c5ccccc5C4=C(C#N)C#N)sc23)c1. The van der Waals surface area contributed by atoms with Gasteiger partial charge in [-0.25, -0.2) is 0 Å². The van der Waals surface area contributed by atoms with E-state index < -0.39 is 10.8 Å². The van der Waals surface area contributed by atoms with Crippen LogP contribution in [0.1, 0.15) is 239 Å². The summed E-state index contributed by atoms with van der Waals surface area (Å²) in [5.41, 5.74) is 19.4. The van der Waals surface area contributed by atoms with E-state index in [9.17, 15) is 30.6 Å². The van der Waals surface area contributed by atoms with Crippen molar-refractivity contribution in [3.63, 3.8) is 0 Å². The number of thiophene rings is 4. The highest BCUT2D eigenvalue weighted by molar-refractivity contribution is 7.31. The van der Waals surface area contributed by atoms with Crippen LogP contribution in [-0.4, -0.2) is 11.6 Å². The Hall–Kier alpha value is -9.88. The molecule has 104 heavy (non-hydrogen) atoms. The fraction of sp³-hybridized carbons (Fsp3) is 0.277. The van der Waals surface area contributed by atoms with Gasteiger partial charge in [-0.15, -0.1) is 45.3 Å². The second-order valence-electron chi connectivity index (χ2n) is 28.6. The van der Waals surface area contributed by atoms with Crippen molar-refractivity contribution in [1.82, 2.24) is 0 Å². The maximum Gasteiger partial charge on any atom is 0.194 e. The van der Waals surface area contributed by atoms with Crippen molar-refractivity contribution >= 4 is 99.0 Å². The Balaban J connectivity index is 1.04. The second-order valence-corrected chi connectivity index (χ2v) is 32.9. The van der Waals surface area contributed by atoms with E-state index in [1.165, 1.54) is 113 Å². The highest BCUT2D eigenvalue weighted by Gasteiger charge is 2.55. The fourth-order valence-electron chi connectivity index (χ4n) is 17.3. The molecule has 0 spiro atoms. The lowest BCUT2D eigenvalue weighted by atomic mass is 9.65. The van der Waals surface area contributed by atoms with E-state index in [1.54, 1.807) is 34.8 Å². The van der Waals surface area contributed by atoms with Gasteiger partial charge in [-0.05, 0) is 166 Å². The zero-order valence-corrected chi connectivity index (χ0v) is 63.0. The molecule has 0 bridgehead atoms. The molecule has 0 atom stereocenters. The van der Waals surface area contributed by atoms with Gasteiger partial charge >= 0.3 is 0 Å². The first-order valence-corrected chi connectivity index (χ1v) is 40.8. The monoisotopic (exact) mass is 1430 g/mol. The van der Waals surface area contributed by atoms with Crippen LogP contribution in [0.25, 0.3) is 63.0 Å². The highest BCUT2D eigenvalue weighted by atomic mass is 32.1. The van der Waals surface area contributed by atoms with Gasteiger partial charge in [-0.1, -0.05) is 250 Å². The van der Waals surface area contributed by atoms with Gasteiger partial charge in [-0.2, -0.15) is 21.0 Å². The summed E-state index contributed by atoms with van der Waals surface area (Å²) in [4.78, 5) is 33.6. The zero-order valence-electron chi connectivity index (χ0n) is 59.7.